The third-order valence-electron chi connectivity index (χ3n) is 3.84. The van der Waals surface area contributed by atoms with Crippen LogP contribution in [0.2, 0.25) is 0 Å². The molecule has 2 atom stereocenters. The highest BCUT2D eigenvalue weighted by atomic mass is 16.5. The maximum atomic E-state index is 5.49. The van der Waals surface area contributed by atoms with Crippen LogP contribution in [-0.2, 0) is 4.74 Å². The lowest BCUT2D eigenvalue weighted by atomic mass is 9.91. The van der Waals surface area contributed by atoms with Crippen LogP contribution in [0, 0.1) is 19.8 Å². The number of aryl methyl sites for hydroxylation is 2. The van der Waals surface area contributed by atoms with Crippen molar-refractivity contribution in [3.05, 3.63) is 34.9 Å². The standard InChI is InChI=1S/C16H25NO/c1-4-17-16(10-14-7-8-18-11-14)15-6-5-12(2)9-13(15)3/h5-6,9,14,16-17H,4,7-8,10-11H2,1-3H3. The highest BCUT2D eigenvalue weighted by Gasteiger charge is 2.22. The van der Waals surface area contributed by atoms with Gasteiger partial charge in [-0.2, -0.15) is 0 Å². The molecule has 0 aliphatic carbocycles. The molecular formula is C16H25NO. The van der Waals surface area contributed by atoms with E-state index in [1.807, 2.05) is 0 Å². The summed E-state index contributed by atoms with van der Waals surface area (Å²) in [5, 5.41) is 3.63. The quantitative estimate of drug-likeness (QED) is 0.861. The number of benzene rings is 1. The van der Waals surface area contributed by atoms with Gasteiger partial charge in [0.25, 0.3) is 0 Å². The Kier molecular flexibility index (Phi) is 4.79. The van der Waals surface area contributed by atoms with Gasteiger partial charge in [0.15, 0.2) is 0 Å². The molecule has 2 unspecified atom stereocenters. The first-order chi connectivity index (χ1) is 8.70. The molecule has 0 spiro atoms. The summed E-state index contributed by atoms with van der Waals surface area (Å²) in [5.74, 6) is 0.717. The van der Waals surface area contributed by atoms with Crippen molar-refractivity contribution in [3.8, 4) is 0 Å². The topological polar surface area (TPSA) is 21.3 Å². The predicted molar refractivity (Wildman–Crippen MR) is 75.9 cm³/mol. The maximum absolute atomic E-state index is 5.49. The van der Waals surface area contributed by atoms with Gasteiger partial charge in [0, 0.05) is 19.3 Å². The zero-order valence-electron chi connectivity index (χ0n) is 11.8. The van der Waals surface area contributed by atoms with Crippen molar-refractivity contribution in [2.75, 3.05) is 19.8 Å². The molecule has 18 heavy (non-hydrogen) atoms. The summed E-state index contributed by atoms with van der Waals surface area (Å²) in [6.45, 7) is 9.46. The molecule has 2 nitrogen and oxygen atoms in total. The molecule has 2 rings (SSSR count). The molecule has 1 heterocycles. The number of hydrogen-bond donors (Lipinski definition) is 1. The van der Waals surface area contributed by atoms with Gasteiger partial charge in [0.2, 0.25) is 0 Å². The summed E-state index contributed by atoms with van der Waals surface area (Å²) in [5.41, 5.74) is 4.20. The second-order valence-corrected chi connectivity index (χ2v) is 5.44. The maximum Gasteiger partial charge on any atom is 0.0495 e. The number of ether oxygens (including phenoxy) is 1. The largest absolute Gasteiger partial charge is 0.381 e. The molecule has 0 bridgehead atoms. The van der Waals surface area contributed by atoms with Gasteiger partial charge in [-0.25, -0.2) is 0 Å². The summed E-state index contributed by atoms with van der Waals surface area (Å²) in [7, 11) is 0. The predicted octanol–water partition coefficient (Wildman–Crippen LogP) is 3.38. The molecule has 1 aromatic rings. The Balaban J connectivity index is 2.12. The number of hydrogen-bond acceptors (Lipinski definition) is 2. The molecule has 1 aliphatic heterocycles. The molecule has 1 aromatic carbocycles. The molecular weight excluding hydrogens is 222 g/mol. The Morgan fingerprint density at radius 1 is 1.39 bits per heavy atom. The molecule has 1 aliphatic rings. The Morgan fingerprint density at radius 3 is 2.83 bits per heavy atom. The van der Waals surface area contributed by atoms with Crippen molar-refractivity contribution in [2.24, 2.45) is 5.92 Å². The average molecular weight is 247 g/mol. The fraction of sp³-hybridized carbons (Fsp3) is 0.625. The minimum atomic E-state index is 0.474. The Hall–Kier alpha value is -0.860. The molecule has 0 amide bonds. The van der Waals surface area contributed by atoms with E-state index in [2.05, 4.69) is 44.3 Å². The number of nitrogens with one attached hydrogen (secondary N) is 1. The summed E-state index contributed by atoms with van der Waals surface area (Å²) in [6, 6.07) is 7.26. The second kappa shape index (κ2) is 6.35. The highest BCUT2D eigenvalue weighted by Crippen LogP contribution is 2.28. The molecule has 0 radical (unpaired) electrons. The lowest BCUT2D eigenvalue weighted by Gasteiger charge is -2.23. The minimum Gasteiger partial charge on any atom is -0.381 e. The lowest BCUT2D eigenvalue weighted by Crippen LogP contribution is -2.24. The van der Waals surface area contributed by atoms with Gasteiger partial charge >= 0.3 is 0 Å². The van der Waals surface area contributed by atoms with E-state index >= 15 is 0 Å². The summed E-state index contributed by atoms with van der Waals surface area (Å²) in [6.07, 6.45) is 2.41. The summed E-state index contributed by atoms with van der Waals surface area (Å²) >= 11 is 0. The second-order valence-electron chi connectivity index (χ2n) is 5.44. The smallest absolute Gasteiger partial charge is 0.0495 e. The lowest BCUT2D eigenvalue weighted by molar-refractivity contribution is 0.181. The van der Waals surface area contributed by atoms with Crippen molar-refractivity contribution in [2.45, 2.75) is 39.7 Å². The Labute approximate surface area is 111 Å². The van der Waals surface area contributed by atoms with Crippen LogP contribution in [0.15, 0.2) is 18.2 Å². The van der Waals surface area contributed by atoms with E-state index < -0.39 is 0 Å². The van der Waals surface area contributed by atoms with E-state index in [0.717, 1.165) is 25.7 Å². The van der Waals surface area contributed by atoms with Crippen LogP contribution in [0.1, 0.15) is 42.5 Å². The van der Waals surface area contributed by atoms with E-state index in [1.54, 1.807) is 0 Å². The van der Waals surface area contributed by atoms with Gasteiger partial charge in [-0.3, -0.25) is 0 Å². The highest BCUT2D eigenvalue weighted by molar-refractivity contribution is 5.32. The molecule has 0 saturated carbocycles. The van der Waals surface area contributed by atoms with E-state index in [0.29, 0.717) is 6.04 Å². The van der Waals surface area contributed by atoms with E-state index in [-0.39, 0.29) is 0 Å². The Bertz CT molecular complexity index is 383. The summed E-state index contributed by atoms with van der Waals surface area (Å²) < 4.78 is 5.49. The van der Waals surface area contributed by atoms with E-state index in [9.17, 15) is 0 Å². The molecule has 100 valence electrons. The fourth-order valence-corrected chi connectivity index (χ4v) is 2.89. The molecule has 2 heteroatoms. The molecule has 1 N–H and O–H groups in total. The molecule has 1 saturated heterocycles. The normalized spacial score (nSPS) is 21.2. The van der Waals surface area contributed by atoms with Crippen LogP contribution in [0.4, 0.5) is 0 Å². The van der Waals surface area contributed by atoms with Gasteiger partial charge in [0.05, 0.1) is 0 Å². The number of rotatable bonds is 5. The third kappa shape index (κ3) is 3.33. The van der Waals surface area contributed by atoms with Crippen LogP contribution in [0.25, 0.3) is 0 Å². The third-order valence-corrected chi connectivity index (χ3v) is 3.84. The van der Waals surface area contributed by atoms with Gasteiger partial charge in [-0.1, -0.05) is 30.7 Å². The summed E-state index contributed by atoms with van der Waals surface area (Å²) in [4.78, 5) is 0. The van der Waals surface area contributed by atoms with Crippen molar-refractivity contribution in [1.29, 1.82) is 0 Å². The Morgan fingerprint density at radius 2 is 2.22 bits per heavy atom. The van der Waals surface area contributed by atoms with Gasteiger partial charge in [-0.05, 0) is 50.3 Å². The first-order valence-corrected chi connectivity index (χ1v) is 7.09. The van der Waals surface area contributed by atoms with Crippen molar-refractivity contribution < 1.29 is 4.74 Å². The van der Waals surface area contributed by atoms with Crippen molar-refractivity contribution in [1.82, 2.24) is 5.32 Å². The van der Waals surface area contributed by atoms with Crippen molar-refractivity contribution in [3.63, 3.8) is 0 Å². The zero-order chi connectivity index (χ0) is 13.0. The van der Waals surface area contributed by atoms with Crippen LogP contribution in [0.5, 0.6) is 0 Å². The fourth-order valence-electron chi connectivity index (χ4n) is 2.89. The van der Waals surface area contributed by atoms with Gasteiger partial charge in [0.1, 0.15) is 0 Å². The SMILES string of the molecule is CCNC(CC1CCOC1)c1ccc(C)cc1C. The molecule has 1 fully saturated rings. The first kappa shape index (κ1) is 13.6. The van der Waals surface area contributed by atoms with Gasteiger partial charge in [-0.15, -0.1) is 0 Å². The van der Waals surface area contributed by atoms with Crippen molar-refractivity contribution >= 4 is 0 Å². The van der Waals surface area contributed by atoms with Crippen LogP contribution in [-0.4, -0.2) is 19.8 Å². The van der Waals surface area contributed by atoms with E-state index in [4.69, 9.17) is 4.74 Å². The van der Waals surface area contributed by atoms with Crippen LogP contribution in [0.3, 0.4) is 0 Å². The van der Waals surface area contributed by atoms with Crippen LogP contribution >= 0.6 is 0 Å². The van der Waals surface area contributed by atoms with E-state index in [1.165, 1.54) is 29.5 Å². The first-order valence-electron chi connectivity index (χ1n) is 7.09. The molecule has 0 aromatic heterocycles. The average Bonchev–Trinajstić information content (AvgIpc) is 2.81. The zero-order valence-corrected chi connectivity index (χ0v) is 11.8. The van der Waals surface area contributed by atoms with Gasteiger partial charge < -0.3 is 10.1 Å². The minimum absolute atomic E-state index is 0.474. The monoisotopic (exact) mass is 247 g/mol. The van der Waals surface area contributed by atoms with Crippen LogP contribution < -0.4 is 5.32 Å².